The molecule has 0 fully saturated rings. The minimum absolute atomic E-state index is 0.0701. The Morgan fingerprint density at radius 2 is 0.920 bits per heavy atom. The highest BCUT2D eigenvalue weighted by molar-refractivity contribution is 7.94. The minimum atomic E-state index is 0.0701. The maximum absolute atomic E-state index is 2.48. The van der Waals surface area contributed by atoms with Gasteiger partial charge in [0.1, 0.15) is 0 Å². The van der Waals surface area contributed by atoms with Crippen LogP contribution in [0.5, 0.6) is 0 Å². The van der Waals surface area contributed by atoms with E-state index in [0.717, 1.165) is 13.1 Å². The van der Waals surface area contributed by atoms with E-state index in [1.807, 2.05) is 12.1 Å². The van der Waals surface area contributed by atoms with E-state index < -0.39 is 0 Å². The van der Waals surface area contributed by atoms with Crippen LogP contribution in [-0.2, 0) is 13.1 Å². The highest BCUT2D eigenvalue weighted by Crippen LogP contribution is 2.34. The molecule has 136 valence electrons. The van der Waals surface area contributed by atoms with Crippen molar-refractivity contribution in [2.45, 2.75) is 65.7 Å². The fourth-order valence-electron chi connectivity index (χ4n) is 2.39. The summed E-state index contributed by atoms with van der Waals surface area (Å²) in [5.41, 5.74) is 2.83. The molecule has 3 heteroatoms. The molecule has 0 saturated carbocycles. The molecule has 0 heterocycles. The largest absolute Gasteiger partial charge is 0.227 e. The zero-order chi connectivity index (χ0) is 18.5. The average molecular weight is 357 g/mol. The Kier molecular flexibility index (Phi) is 6.72. The number of hydrogen-bond acceptors (Lipinski definition) is 3. The molecule has 2 aromatic rings. The third-order valence-electron chi connectivity index (χ3n) is 4.03. The van der Waals surface area contributed by atoms with E-state index in [9.17, 15) is 0 Å². The fourth-order valence-corrected chi connectivity index (χ4v) is 3.54. The second kappa shape index (κ2) is 8.39. The Morgan fingerprint density at radius 1 is 0.600 bits per heavy atom. The van der Waals surface area contributed by atoms with Gasteiger partial charge in [-0.3, -0.25) is 0 Å². The Balaban J connectivity index is 2.20. The lowest BCUT2D eigenvalue weighted by molar-refractivity contribution is 0.217. The van der Waals surface area contributed by atoms with Crippen molar-refractivity contribution in [3.8, 4) is 0 Å². The lowest BCUT2D eigenvalue weighted by Gasteiger charge is -2.42. The van der Waals surface area contributed by atoms with Gasteiger partial charge in [-0.05, 0) is 52.7 Å². The zero-order valence-corrected chi connectivity index (χ0v) is 17.3. The van der Waals surface area contributed by atoms with Crippen LogP contribution in [0.4, 0.5) is 0 Å². The Hall–Kier alpha value is -1.29. The Bertz CT molecular complexity index is 569. The van der Waals surface area contributed by atoms with Crippen molar-refractivity contribution < 1.29 is 0 Å². The molecule has 2 aromatic carbocycles. The van der Waals surface area contributed by atoms with Crippen LogP contribution in [-0.4, -0.2) is 19.7 Å². The molecule has 2 rings (SSSR count). The van der Waals surface area contributed by atoms with E-state index in [0.29, 0.717) is 0 Å². The normalized spacial score (nSPS) is 12.8. The highest BCUT2D eigenvalue weighted by Gasteiger charge is 2.30. The molecule has 0 atom stereocenters. The molecule has 25 heavy (non-hydrogen) atoms. The highest BCUT2D eigenvalue weighted by atomic mass is 32.2. The SMILES string of the molecule is CC(C)(C)N(Cc1ccccc1)SN(Cc1ccccc1)C(C)(C)C. The summed E-state index contributed by atoms with van der Waals surface area (Å²) >= 11 is 1.86. The van der Waals surface area contributed by atoms with Gasteiger partial charge in [0, 0.05) is 36.3 Å². The third-order valence-corrected chi connectivity index (χ3v) is 5.78. The summed E-state index contributed by atoms with van der Waals surface area (Å²) in [6.07, 6.45) is 0. The molecule has 0 radical (unpaired) electrons. The zero-order valence-electron chi connectivity index (χ0n) is 16.5. The van der Waals surface area contributed by atoms with Gasteiger partial charge in [0.15, 0.2) is 0 Å². The Labute approximate surface area is 158 Å². The van der Waals surface area contributed by atoms with Gasteiger partial charge < -0.3 is 0 Å². The quantitative estimate of drug-likeness (QED) is 0.573. The standard InChI is InChI=1S/C22H32N2S/c1-21(2,3)23(17-19-13-9-7-10-14-19)25-24(22(4,5)6)18-20-15-11-8-12-16-20/h7-16H,17-18H2,1-6H3. The van der Waals surface area contributed by atoms with Gasteiger partial charge in [0.05, 0.1) is 0 Å². The summed E-state index contributed by atoms with van der Waals surface area (Å²) in [5.74, 6) is 0. The molecule has 0 aliphatic heterocycles. The van der Waals surface area contributed by atoms with Crippen LogP contribution in [0.25, 0.3) is 0 Å². The van der Waals surface area contributed by atoms with Gasteiger partial charge in [-0.25, -0.2) is 8.61 Å². The van der Waals surface area contributed by atoms with Crippen LogP contribution in [0.15, 0.2) is 60.7 Å². The van der Waals surface area contributed by atoms with E-state index in [2.05, 4.69) is 111 Å². The predicted molar refractivity (Wildman–Crippen MR) is 111 cm³/mol. The molecule has 0 unspecified atom stereocenters. The van der Waals surface area contributed by atoms with Crippen LogP contribution in [0.3, 0.4) is 0 Å². The van der Waals surface area contributed by atoms with Crippen molar-refractivity contribution in [2.75, 3.05) is 0 Å². The monoisotopic (exact) mass is 356 g/mol. The van der Waals surface area contributed by atoms with E-state index in [1.165, 1.54) is 11.1 Å². The van der Waals surface area contributed by atoms with Crippen molar-refractivity contribution in [3.05, 3.63) is 71.8 Å². The average Bonchev–Trinajstić information content (AvgIpc) is 2.53. The molecule has 0 aromatic heterocycles. The molecule has 0 aliphatic carbocycles. The molecule has 0 amide bonds. The number of hydrogen-bond donors (Lipinski definition) is 0. The smallest absolute Gasteiger partial charge is 0.0358 e. The molecule has 0 bridgehead atoms. The summed E-state index contributed by atoms with van der Waals surface area (Å²) in [6.45, 7) is 15.6. The Morgan fingerprint density at radius 3 is 1.20 bits per heavy atom. The van der Waals surface area contributed by atoms with Crippen LogP contribution in [0, 0.1) is 0 Å². The first-order valence-electron chi connectivity index (χ1n) is 8.97. The second-order valence-corrected chi connectivity index (χ2v) is 9.51. The lowest BCUT2D eigenvalue weighted by atomic mass is 10.1. The molecule has 2 nitrogen and oxygen atoms in total. The first-order valence-corrected chi connectivity index (χ1v) is 9.70. The van der Waals surface area contributed by atoms with E-state index >= 15 is 0 Å². The van der Waals surface area contributed by atoms with Gasteiger partial charge >= 0.3 is 0 Å². The van der Waals surface area contributed by atoms with Crippen LogP contribution < -0.4 is 0 Å². The van der Waals surface area contributed by atoms with Gasteiger partial charge in [-0.15, -0.1) is 0 Å². The van der Waals surface area contributed by atoms with Crippen molar-refractivity contribution >= 4 is 12.1 Å². The first-order chi connectivity index (χ1) is 11.7. The van der Waals surface area contributed by atoms with E-state index in [1.54, 1.807) is 0 Å². The van der Waals surface area contributed by atoms with Gasteiger partial charge in [-0.1, -0.05) is 60.7 Å². The summed E-state index contributed by atoms with van der Waals surface area (Å²) in [5, 5.41) is 0. The van der Waals surface area contributed by atoms with Crippen LogP contribution in [0.2, 0.25) is 0 Å². The maximum atomic E-state index is 2.48. The minimum Gasteiger partial charge on any atom is -0.227 e. The van der Waals surface area contributed by atoms with Crippen molar-refractivity contribution in [1.29, 1.82) is 0 Å². The van der Waals surface area contributed by atoms with Crippen molar-refractivity contribution in [3.63, 3.8) is 0 Å². The number of nitrogens with zero attached hydrogens (tertiary/aromatic N) is 2. The molecule has 0 aliphatic rings. The van der Waals surface area contributed by atoms with Gasteiger partial charge in [-0.2, -0.15) is 0 Å². The number of rotatable bonds is 6. The topological polar surface area (TPSA) is 6.48 Å². The molecule has 0 spiro atoms. The number of benzene rings is 2. The van der Waals surface area contributed by atoms with E-state index in [4.69, 9.17) is 0 Å². The van der Waals surface area contributed by atoms with Crippen LogP contribution >= 0.6 is 12.1 Å². The lowest BCUT2D eigenvalue weighted by Crippen LogP contribution is -2.43. The third kappa shape index (κ3) is 6.50. The molecular weight excluding hydrogens is 324 g/mol. The fraction of sp³-hybridized carbons (Fsp3) is 0.455. The molecule has 0 saturated heterocycles. The predicted octanol–water partition coefficient (Wildman–Crippen LogP) is 6.15. The summed E-state index contributed by atoms with van der Waals surface area (Å²) in [6, 6.07) is 21.5. The maximum Gasteiger partial charge on any atom is 0.0358 e. The molecule has 0 N–H and O–H groups in total. The molecular formula is C22H32N2S. The second-order valence-electron chi connectivity index (χ2n) is 8.47. The van der Waals surface area contributed by atoms with Crippen molar-refractivity contribution in [1.82, 2.24) is 8.61 Å². The van der Waals surface area contributed by atoms with Gasteiger partial charge in [0.2, 0.25) is 0 Å². The van der Waals surface area contributed by atoms with Crippen LogP contribution in [0.1, 0.15) is 52.7 Å². The first kappa shape index (κ1) is 20.0. The summed E-state index contributed by atoms with van der Waals surface area (Å²) in [7, 11) is 0. The summed E-state index contributed by atoms with van der Waals surface area (Å²) < 4.78 is 4.97. The van der Waals surface area contributed by atoms with Crippen molar-refractivity contribution in [2.24, 2.45) is 0 Å². The summed E-state index contributed by atoms with van der Waals surface area (Å²) in [4.78, 5) is 0. The van der Waals surface area contributed by atoms with Gasteiger partial charge in [0.25, 0.3) is 0 Å². The van der Waals surface area contributed by atoms with E-state index in [-0.39, 0.29) is 11.1 Å².